The van der Waals surface area contributed by atoms with Crippen LogP contribution in [0.5, 0.6) is 5.75 Å². The smallest absolute Gasteiger partial charge is 0.271 e. The summed E-state index contributed by atoms with van der Waals surface area (Å²) in [6, 6.07) is 12.8. The summed E-state index contributed by atoms with van der Waals surface area (Å²) in [6.07, 6.45) is 1.59. The first-order valence-electron chi connectivity index (χ1n) is 7.86. The molecule has 4 nitrogen and oxygen atoms in total. The third-order valence-corrected chi connectivity index (χ3v) is 5.99. The number of methoxy groups -OCH3 is 1. The topological polar surface area (TPSA) is 48.3 Å². The second-order valence-electron chi connectivity index (χ2n) is 6.19. The van der Waals surface area contributed by atoms with Crippen molar-refractivity contribution in [3.63, 3.8) is 0 Å². The Labute approximate surface area is 142 Å². The molecule has 0 N–H and O–H groups in total. The highest BCUT2D eigenvalue weighted by atomic mass is 32.2. The Bertz CT molecular complexity index is 1000. The molecule has 1 aromatic heterocycles. The van der Waals surface area contributed by atoms with Gasteiger partial charge in [0.05, 0.1) is 12.6 Å². The zero-order valence-electron chi connectivity index (χ0n) is 14.3. The van der Waals surface area contributed by atoms with E-state index in [1.807, 2.05) is 25.1 Å². The van der Waals surface area contributed by atoms with Crippen molar-refractivity contribution in [2.24, 2.45) is 0 Å². The van der Waals surface area contributed by atoms with Crippen LogP contribution in [0.15, 0.2) is 53.6 Å². The zero-order chi connectivity index (χ0) is 17.5. The molecule has 0 aliphatic carbocycles. The molecule has 0 unspecified atom stereocenters. The first-order valence-corrected chi connectivity index (χ1v) is 9.30. The average Bonchev–Trinajstić information content (AvgIpc) is 2.98. The number of aryl methyl sites for hydroxylation is 1. The standard InChI is InChI=1S/C19H21NO3S/c1-13(2)16-12-19(18(23-4)11-14(16)3)24(21,22)20-10-9-15-7-5-6-8-17(15)20/h5-13H,1-4H3. The van der Waals surface area contributed by atoms with E-state index in [0.29, 0.717) is 11.3 Å². The van der Waals surface area contributed by atoms with Gasteiger partial charge in [0.1, 0.15) is 10.6 Å². The normalized spacial score (nSPS) is 12.0. The highest BCUT2D eigenvalue weighted by molar-refractivity contribution is 7.90. The van der Waals surface area contributed by atoms with Gasteiger partial charge < -0.3 is 4.74 Å². The maximum absolute atomic E-state index is 13.3. The van der Waals surface area contributed by atoms with Crippen LogP contribution in [0.2, 0.25) is 0 Å². The number of para-hydroxylation sites is 1. The van der Waals surface area contributed by atoms with Crippen LogP contribution in [0.3, 0.4) is 0 Å². The Morgan fingerprint density at radius 1 is 1.08 bits per heavy atom. The number of aromatic nitrogens is 1. The van der Waals surface area contributed by atoms with E-state index in [2.05, 4.69) is 13.8 Å². The van der Waals surface area contributed by atoms with E-state index in [1.165, 1.54) is 11.1 Å². The number of nitrogens with zero attached hydrogens (tertiary/aromatic N) is 1. The van der Waals surface area contributed by atoms with Gasteiger partial charge in [-0.15, -0.1) is 0 Å². The third kappa shape index (κ3) is 2.59. The van der Waals surface area contributed by atoms with Gasteiger partial charge in [0, 0.05) is 11.6 Å². The second-order valence-corrected chi connectivity index (χ2v) is 7.97. The summed E-state index contributed by atoms with van der Waals surface area (Å²) in [5.41, 5.74) is 2.69. The molecule has 0 atom stereocenters. The molecule has 0 aliphatic heterocycles. The molecule has 0 saturated heterocycles. The minimum atomic E-state index is -3.75. The summed E-state index contributed by atoms with van der Waals surface area (Å²) < 4.78 is 33.2. The van der Waals surface area contributed by atoms with Crippen LogP contribution in [0.25, 0.3) is 10.9 Å². The fourth-order valence-corrected chi connectivity index (χ4v) is 4.56. The molecular formula is C19H21NO3S. The summed E-state index contributed by atoms with van der Waals surface area (Å²) in [7, 11) is -2.25. The molecule has 0 amide bonds. The van der Waals surface area contributed by atoms with Crippen LogP contribution in [0.1, 0.15) is 30.9 Å². The van der Waals surface area contributed by atoms with E-state index >= 15 is 0 Å². The minimum Gasteiger partial charge on any atom is -0.495 e. The predicted molar refractivity (Wildman–Crippen MR) is 96.3 cm³/mol. The summed E-state index contributed by atoms with van der Waals surface area (Å²) >= 11 is 0. The van der Waals surface area contributed by atoms with Gasteiger partial charge in [-0.3, -0.25) is 0 Å². The number of ether oxygens (including phenoxy) is 1. The molecule has 3 rings (SSSR count). The average molecular weight is 343 g/mol. The van der Waals surface area contributed by atoms with Gasteiger partial charge in [0.15, 0.2) is 0 Å². The lowest BCUT2D eigenvalue weighted by Crippen LogP contribution is -2.14. The largest absolute Gasteiger partial charge is 0.495 e. The molecule has 3 aromatic rings. The van der Waals surface area contributed by atoms with Crippen LogP contribution < -0.4 is 4.74 Å². The molecule has 0 spiro atoms. The van der Waals surface area contributed by atoms with E-state index < -0.39 is 10.0 Å². The fraction of sp³-hybridized carbons (Fsp3) is 0.263. The lowest BCUT2D eigenvalue weighted by molar-refractivity contribution is 0.401. The van der Waals surface area contributed by atoms with Gasteiger partial charge in [-0.25, -0.2) is 12.4 Å². The van der Waals surface area contributed by atoms with Crippen molar-refractivity contribution in [2.45, 2.75) is 31.6 Å². The maximum Gasteiger partial charge on any atom is 0.271 e. The van der Waals surface area contributed by atoms with Crippen LogP contribution >= 0.6 is 0 Å². The van der Waals surface area contributed by atoms with Crippen molar-refractivity contribution in [1.29, 1.82) is 0 Å². The summed E-state index contributed by atoms with van der Waals surface area (Å²) in [4.78, 5) is 0.195. The summed E-state index contributed by atoms with van der Waals surface area (Å²) in [5, 5.41) is 0.885. The van der Waals surface area contributed by atoms with E-state index in [0.717, 1.165) is 16.5 Å². The van der Waals surface area contributed by atoms with Crippen molar-refractivity contribution in [2.75, 3.05) is 7.11 Å². The van der Waals surface area contributed by atoms with Crippen molar-refractivity contribution < 1.29 is 13.2 Å². The maximum atomic E-state index is 13.3. The Morgan fingerprint density at radius 3 is 2.46 bits per heavy atom. The highest BCUT2D eigenvalue weighted by Crippen LogP contribution is 2.33. The summed E-state index contributed by atoms with van der Waals surface area (Å²) in [5.74, 6) is 0.598. The summed E-state index contributed by atoms with van der Waals surface area (Å²) in [6.45, 7) is 6.08. The molecule has 5 heteroatoms. The van der Waals surface area contributed by atoms with Crippen molar-refractivity contribution in [3.8, 4) is 5.75 Å². The number of hydrogen-bond donors (Lipinski definition) is 0. The van der Waals surface area contributed by atoms with E-state index in [-0.39, 0.29) is 10.8 Å². The molecule has 1 heterocycles. The van der Waals surface area contributed by atoms with Crippen molar-refractivity contribution >= 4 is 20.9 Å². The molecule has 126 valence electrons. The quantitative estimate of drug-likeness (QED) is 0.709. The Kier molecular flexibility index (Phi) is 4.13. The first-order chi connectivity index (χ1) is 11.4. The van der Waals surface area contributed by atoms with Crippen LogP contribution in [-0.2, 0) is 10.0 Å². The number of hydrogen-bond acceptors (Lipinski definition) is 3. The van der Waals surface area contributed by atoms with E-state index in [1.54, 1.807) is 30.5 Å². The molecule has 0 saturated carbocycles. The lowest BCUT2D eigenvalue weighted by Gasteiger charge is -2.17. The minimum absolute atomic E-state index is 0.195. The molecule has 0 fully saturated rings. The molecule has 0 radical (unpaired) electrons. The van der Waals surface area contributed by atoms with Crippen LogP contribution in [0.4, 0.5) is 0 Å². The molecule has 2 aromatic carbocycles. The Hall–Kier alpha value is -2.27. The van der Waals surface area contributed by atoms with Crippen LogP contribution in [-0.4, -0.2) is 19.5 Å². The van der Waals surface area contributed by atoms with Gasteiger partial charge in [-0.1, -0.05) is 32.0 Å². The Morgan fingerprint density at radius 2 is 1.79 bits per heavy atom. The predicted octanol–water partition coefficient (Wildman–Crippen LogP) is 4.32. The lowest BCUT2D eigenvalue weighted by atomic mass is 9.98. The third-order valence-electron chi connectivity index (χ3n) is 4.27. The van der Waals surface area contributed by atoms with Crippen LogP contribution in [0, 0.1) is 6.92 Å². The number of benzene rings is 2. The van der Waals surface area contributed by atoms with Gasteiger partial charge in [0.2, 0.25) is 0 Å². The second kappa shape index (κ2) is 5.98. The van der Waals surface area contributed by atoms with E-state index in [4.69, 9.17) is 4.74 Å². The molecule has 0 aliphatic rings. The zero-order valence-corrected chi connectivity index (χ0v) is 15.1. The SMILES string of the molecule is COc1cc(C)c(C(C)C)cc1S(=O)(=O)n1ccc2ccccc21. The fourth-order valence-electron chi connectivity index (χ4n) is 3.03. The van der Waals surface area contributed by atoms with Gasteiger partial charge in [-0.2, -0.15) is 0 Å². The van der Waals surface area contributed by atoms with Gasteiger partial charge in [-0.05, 0) is 48.2 Å². The van der Waals surface area contributed by atoms with E-state index in [9.17, 15) is 8.42 Å². The van der Waals surface area contributed by atoms with Crippen molar-refractivity contribution in [3.05, 3.63) is 59.8 Å². The highest BCUT2D eigenvalue weighted by Gasteiger charge is 2.25. The van der Waals surface area contributed by atoms with Gasteiger partial charge in [0.25, 0.3) is 10.0 Å². The van der Waals surface area contributed by atoms with Crippen molar-refractivity contribution in [1.82, 2.24) is 3.97 Å². The molecule has 0 bridgehead atoms. The first kappa shape index (κ1) is 16.6. The number of fused-ring (bicyclic) bond motifs is 1. The van der Waals surface area contributed by atoms with Gasteiger partial charge >= 0.3 is 0 Å². The Balaban J connectivity index is 2.28. The molecular weight excluding hydrogens is 322 g/mol. The number of rotatable bonds is 4. The monoisotopic (exact) mass is 343 g/mol. The molecule has 24 heavy (non-hydrogen) atoms.